The average Bonchev–Trinajstić information content (AvgIpc) is 2.40. The van der Waals surface area contributed by atoms with Gasteiger partial charge in [0.05, 0.1) is 0 Å². The number of carbonyl (C=O) groups excluding carboxylic acids is 1. The summed E-state index contributed by atoms with van der Waals surface area (Å²) in [5, 5.41) is 0. The molecule has 5 nitrogen and oxygen atoms in total. The zero-order chi connectivity index (χ0) is 12.9. The van der Waals surface area contributed by atoms with Crippen molar-refractivity contribution >= 4 is 13.4 Å². The van der Waals surface area contributed by atoms with Gasteiger partial charge in [-0.3, -0.25) is 9.36 Å². The van der Waals surface area contributed by atoms with Crippen molar-refractivity contribution in [2.75, 3.05) is 21.3 Å². The van der Waals surface area contributed by atoms with Gasteiger partial charge >= 0.3 is 7.60 Å². The van der Waals surface area contributed by atoms with Gasteiger partial charge in [0.2, 0.25) is 11.6 Å². The number of hydrogen-bond acceptors (Lipinski definition) is 5. The van der Waals surface area contributed by atoms with Gasteiger partial charge in [-0.15, -0.1) is 0 Å². The molecule has 0 bridgehead atoms. The maximum atomic E-state index is 12.1. The van der Waals surface area contributed by atoms with Gasteiger partial charge in [-0.1, -0.05) is 30.3 Å². The first kappa shape index (κ1) is 14.1. The van der Waals surface area contributed by atoms with E-state index in [0.29, 0.717) is 5.56 Å². The number of ether oxygens (including phenoxy) is 1. The molecule has 0 saturated carbocycles. The summed E-state index contributed by atoms with van der Waals surface area (Å²) in [6, 6.07) is 8.44. The van der Waals surface area contributed by atoms with Crippen LogP contribution in [-0.4, -0.2) is 33.0 Å². The highest BCUT2D eigenvalue weighted by Crippen LogP contribution is 2.52. The molecule has 94 valence electrons. The predicted octanol–water partition coefficient (Wildman–Crippen LogP) is 2.33. The third kappa shape index (κ3) is 3.01. The van der Waals surface area contributed by atoms with Gasteiger partial charge in [0.15, 0.2) is 0 Å². The van der Waals surface area contributed by atoms with E-state index in [1.54, 1.807) is 30.3 Å². The van der Waals surface area contributed by atoms with E-state index in [4.69, 9.17) is 13.8 Å². The molecule has 0 unspecified atom stereocenters. The van der Waals surface area contributed by atoms with Gasteiger partial charge in [-0.25, -0.2) is 0 Å². The summed E-state index contributed by atoms with van der Waals surface area (Å²) in [6.07, 6.45) is 0. The van der Waals surface area contributed by atoms with Crippen LogP contribution in [0.5, 0.6) is 0 Å². The van der Waals surface area contributed by atoms with Crippen LogP contribution in [0.1, 0.15) is 10.4 Å². The molecule has 0 spiro atoms. The van der Waals surface area contributed by atoms with E-state index in [1.807, 2.05) is 0 Å². The Morgan fingerprint density at radius 3 is 2.06 bits per heavy atom. The van der Waals surface area contributed by atoms with E-state index in [9.17, 15) is 9.36 Å². The molecule has 0 N–H and O–H groups in total. The Hall–Kier alpha value is -1.00. The second-order valence-electron chi connectivity index (χ2n) is 3.22. The van der Waals surface area contributed by atoms with Crippen LogP contribution in [0, 0.1) is 0 Å². The highest BCUT2D eigenvalue weighted by Gasteiger charge is 2.40. The zero-order valence-corrected chi connectivity index (χ0v) is 10.8. The summed E-state index contributed by atoms with van der Waals surface area (Å²) >= 11 is 0. The first-order valence-corrected chi connectivity index (χ1v) is 6.53. The van der Waals surface area contributed by atoms with E-state index in [2.05, 4.69) is 0 Å². The molecule has 6 heteroatoms. The molecule has 1 atom stereocenters. The summed E-state index contributed by atoms with van der Waals surface area (Å²) in [6.45, 7) is 0. The van der Waals surface area contributed by atoms with Gasteiger partial charge in [0.1, 0.15) is 0 Å². The fraction of sp³-hybridized carbons (Fsp3) is 0.364. The van der Waals surface area contributed by atoms with Crippen LogP contribution in [0.15, 0.2) is 30.3 Å². The van der Waals surface area contributed by atoms with Gasteiger partial charge in [-0.2, -0.15) is 0 Å². The van der Waals surface area contributed by atoms with Crippen LogP contribution >= 0.6 is 7.60 Å². The first-order chi connectivity index (χ1) is 8.09. The highest BCUT2D eigenvalue weighted by atomic mass is 31.2. The van der Waals surface area contributed by atoms with Crippen LogP contribution in [0.3, 0.4) is 0 Å². The fourth-order valence-corrected chi connectivity index (χ4v) is 2.62. The number of rotatable bonds is 6. The molecule has 0 radical (unpaired) electrons. The second kappa shape index (κ2) is 6.07. The Balaban J connectivity index is 3.04. The SMILES string of the molecule is CO[C@@H](C(=O)c1ccccc1)P(=O)(OC)OC. The van der Waals surface area contributed by atoms with Crippen LogP contribution in [-0.2, 0) is 18.3 Å². The minimum Gasteiger partial charge on any atom is -0.361 e. The van der Waals surface area contributed by atoms with Crippen LogP contribution in [0.2, 0.25) is 0 Å². The Kier molecular flexibility index (Phi) is 5.02. The Bertz CT molecular complexity index is 409. The van der Waals surface area contributed by atoms with Crippen LogP contribution in [0.4, 0.5) is 0 Å². The van der Waals surface area contributed by atoms with Crippen molar-refractivity contribution in [3.63, 3.8) is 0 Å². The van der Waals surface area contributed by atoms with Crippen molar-refractivity contribution in [1.29, 1.82) is 0 Å². The summed E-state index contributed by atoms with van der Waals surface area (Å²) in [4.78, 5) is 12.1. The molecule has 0 heterocycles. The maximum absolute atomic E-state index is 12.1. The van der Waals surface area contributed by atoms with E-state index in [-0.39, 0.29) is 0 Å². The van der Waals surface area contributed by atoms with Gasteiger partial charge in [0, 0.05) is 26.9 Å². The fourth-order valence-electron chi connectivity index (χ4n) is 1.39. The molecular formula is C11H15O5P. The van der Waals surface area contributed by atoms with Crippen molar-refractivity contribution < 1.29 is 23.1 Å². The quantitative estimate of drug-likeness (QED) is 0.579. The van der Waals surface area contributed by atoms with Crippen molar-refractivity contribution in [2.24, 2.45) is 0 Å². The molecule has 0 aliphatic rings. The number of methoxy groups -OCH3 is 1. The maximum Gasteiger partial charge on any atom is 0.366 e. The monoisotopic (exact) mass is 258 g/mol. The molecule has 0 aliphatic heterocycles. The lowest BCUT2D eigenvalue weighted by atomic mass is 10.1. The third-order valence-electron chi connectivity index (χ3n) is 2.30. The molecule has 1 aromatic rings. The number of benzene rings is 1. The van der Waals surface area contributed by atoms with Gasteiger partial charge in [0.25, 0.3) is 0 Å². The summed E-state index contributed by atoms with van der Waals surface area (Å²) in [7, 11) is 0.137. The number of ketones is 1. The molecule has 0 aliphatic carbocycles. The molecule has 17 heavy (non-hydrogen) atoms. The molecule has 1 aromatic carbocycles. The predicted molar refractivity (Wildman–Crippen MR) is 63.2 cm³/mol. The highest BCUT2D eigenvalue weighted by molar-refractivity contribution is 7.55. The summed E-state index contributed by atoms with van der Waals surface area (Å²) in [5.74, 6) is -1.68. The van der Waals surface area contributed by atoms with E-state index in [1.165, 1.54) is 21.3 Å². The number of carbonyl (C=O) groups is 1. The van der Waals surface area contributed by atoms with Crippen molar-refractivity contribution in [3.8, 4) is 0 Å². The Morgan fingerprint density at radius 1 is 1.12 bits per heavy atom. The third-order valence-corrected chi connectivity index (χ3v) is 4.34. The first-order valence-electron chi connectivity index (χ1n) is 4.92. The minimum atomic E-state index is -3.58. The second-order valence-corrected chi connectivity index (χ2v) is 5.50. The average molecular weight is 258 g/mol. The van der Waals surface area contributed by atoms with Gasteiger partial charge < -0.3 is 13.8 Å². The molecule has 1 rings (SSSR count). The number of hydrogen-bond donors (Lipinski definition) is 0. The zero-order valence-electron chi connectivity index (χ0n) is 9.95. The van der Waals surface area contributed by atoms with Gasteiger partial charge in [-0.05, 0) is 0 Å². The summed E-state index contributed by atoms with van der Waals surface area (Å²) < 4.78 is 26.6. The standard InChI is InChI=1S/C11H15O5P/c1-14-11(17(13,15-2)16-3)10(12)9-7-5-4-6-8-9/h4-8,11H,1-3H3/t11-/m1/s1. The molecule has 0 fully saturated rings. The van der Waals surface area contributed by atoms with E-state index >= 15 is 0 Å². The van der Waals surface area contributed by atoms with Crippen molar-refractivity contribution in [2.45, 2.75) is 5.85 Å². The normalized spacial score (nSPS) is 13.4. The lowest BCUT2D eigenvalue weighted by molar-refractivity contribution is 0.0703. The van der Waals surface area contributed by atoms with Crippen LogP contribution in [0.25, 0.3) is 0 Å². The smallest absolute Gasteiger partial charge is 0.361 e. The number of Topliss-reactive ketones (excluding diaryl/α,β-unsaturated/α-hetero) is 1. The lowest BCUT2D eigenvalue weighted by Crippen LogP contribution is -2.24. The molecule has 0 amide bonds. The molecule has 0 saturated heterocycles. The minimum absolute atomic E-state index is 0.397. The topological polar surface area (TPSA) is 61.8 Å². The van der Waals surface area contributed by atoms with Crippen molar-refractivity contribution in [1.82, 2.24) is 0 Å². The summed E-state index contributed by atoms with van der Waals surface area (Å²) in [5.41, 5.74) is 0.397. The largest absolute Gasteiger partial charge is 0.366 e. The van der Waals surface area contributed by atoms with E-state index in [0.717, 1.165) is 0 Å². The van der Waals surface area contributed by atoms with Crippen LogP contribution < -0.4 is 0 Å². The van der Waals surface area contributed by atoms with E-state index < -0.39 is 19.2 Å². The van der Waals surface area contributed by atoms with Crippen molar-refractivity contribution in [3.05, 3.63) is 35.9 Å². The Labute approximate surface area is 100 Å². The molecular weight excluding hydrogens is 243 g/mol. The lowest BCUT2D eigenvalue weighted by Gasteiger charge is -2.21. The molecule has 0 aromatic heterocycles. The Morgan fingerprint density at radius 2 is 1.65 bits per heavy atom.